The molecule has 0 radical (unpaired) electrons. The second-order valence-corrected chi connectivity index (χ2v) is 8.80. The molecule has 1 aliphatic rings. The Balaban J connectivity index is 1.91. The van der Waals surface area contributed by atoms with Gasteiger partial charge in [-0.2, -0.15) is 22.8 Å². The Bertz CT molecular complexity index is 1150. The van der Waals surface area contributed by atoms with Crippen molar-refractivity contribution in [3.63, 3.8) is 0 Å². The number of ether oxygens (including phenoxy) is 1. The molecule has 31 heavy (non-hydrogen) atoms. The smallest absolute Gasteiger partial charge is 0.420 e. The molecule has 4 rings (SSSR count). The van der Waals surface area contributed by atoms with Crippen molar-refractivity contribution in [2.75, 3.05) is 4.90 Å². The van der Waals surface area contributed by atoms with Gasteiger partial charge >= 0.3 is 12.3 Å². The van der Waals surface area contributed by atoms with Crippen LogP contribution in [0.25, 0.3) is 5.65 Å². The number of rotatable bonds is 3. The predicted octanol–water partition coefficient (Wildman–Crippen LogP) is 6.35. The van der Waals surface area contributed by atoms with Gasteiger partial charge in [-0.1, -0.05) is 17.7 Å². The summed E-state index contributed by atoms with van der Waals surface area (Å²) in [6.07, 6.45) is -1.80. The first kappa shape index (κ1) is 21.4. The number of hydrogen-bond acceptors (Lipinski definition) is 4. The lowest BCUT2D eigenvalue weighted by molar-refractivity contribution is -0.137. The summed E-state index contributed by atoms with van der Waals surface area (Å²) >= 11 is 6.24. The summed E-state index contributed by atoms with van der Waals surface area (Å²) < 4.78 is 46.9. The van der Waals surface area contributed by atoms with Crippen molar-refractivity contribution in [3.05, 3.63) is 52.8 Å². The lowest BCUT2D eigenvalue weighted by Crippen LogP contribution is -2.35. The van der Waals surface area contributed by atoms with Crippen LogP contribution in [0.2, 0.25) is 5.15 Å². The molecular weight excluding hydrogens is 433 g/mol. The van der Waals surface area contributed by atoms with E-state index in [-0.39, 0.29) is 16.7 Å². The quantitative estimate of drug-likeness (QED) is 0.434. The van der Waals surface area contributed by atoms with Crippen LogP contribution in [0, 0.1) is 0 Å². The van der Waals surface area contributed by atoms with E-state index in [4.69, 9.17) is 16.3 Å². The Kier molecular flexibility index (Phi) is 5.12. The molecule has 0 unspecified atom stereocenters. The third-order valence-corrected chi connectivity index (χ3v) is 4.90. The third-order valence-electron chi connectivity index (χ3n) is 4.70. The largest absolute Gasteiger partial charge is 0.443 e. The Hall–Kier alpha value is -2.81. The standard InChI is InChI=1S/C21H20ClF3N4O2/c1-20(2,3)31-19(30)28(14-6-4-5-13(9-14)21(23,24)25)17-10-16(22)27-18-15(12-7-8-12)11-26-29(17)18/h4-6,9-12H,7-8H2,1-3H3. The van der Waals surface area contributed by atoms with Crippen LogP contribution in [0.1, 0.15) is 50.7 Å². The molecule has 0 N–H and O–H groups in total. The molecule has 1 aromatic carbocycles. The number of nitrogens with zero attached hydrogens (tertiary/aromatic N) is 4. The van der Waals surface area contributed by atoms with Crippen LogP contribution in [0.5, 0.6) is 0 Å². The summed E-state index contributed by atoms with van der Waals surface area (Å²) in [7, 11) is 0. The zero-order valence-corrected chi connectivity index (χ0v) is 17.8. The molecule has 2 heterocycles. The van der Waals surface area contributed by atoms with E-state index < -0.39 is 23.4 Å². The molecule has 0 aliphatic heterocycles. The highest BCUT2D eigenvalue weighted by Crippen LogP contribution is 2.43. The number of aromatic nitrogens is 3. The van der Waals surface area contributed by atoms with E-state index in [0.29, 0.717) is 11.6 Å². The fourth-order valence-corrected chi connectivity index (χ4v) is 3.41. The molecule has 1 amide bonds. The lowest BCUT2D eigenvalue weighted by Gasteiger charge is -2.28. The first-order chi connectivity index (χ1) is 14.4. The SMILES string of the molecule is CC(C)(C)OC(=O)N(c1cccc(C(F)(F)F)c1)c1cc(Cl)nc2c(C3CC3)cnn12. The van der Waals surface area contributed by atoms with Crippen molar-refractivity contribution in [3.8, 4) is 0 Å². The Morgan fingerprint density at radius 3 is 2.55 bits per heavy atom. The van der Waals surface area contributed by atoms with Crippen molar-refractivity contribution < 1.29 is 22.7 Å². The van der Waals surface area contributed by atoms with E-state index in [0.717, 1.165) is 35.4 Å². The van der Waals surface area contributed by atoms with Crippen LogP contribution >= 0.6 is 11.6 Å². The minimum Gasteiger partial charge on any atom is -0.443 e. The number of halogens is 4. The summed E-state index contributed by atoms with van der Waals surface area (Å²) in [4.78, 5) is 18.5. The molecule has 10 heteroatoms. The van der Waals surface area contributed by atoms with Gasteiger partial charge in [0.05, 0.1) is 17.4 Å². The molecule has 1 saturated carbocycles. The van der Waals surface area contributed by atoms with Gasteiger partial charge in [0.25, 0.3) is 0 Å². The van der Waals surface area contributed by atoms with Crippen LogP contribution in [0.4, 0.5) is 29.5 Å². The molecule has 0 atom stereocenters. The molecule has 0 saturated heterocycles. The first-order valence-electron chi connectivity index (χ1n) is 9.68. The highest BCUT2D eigenvalue weighted by Gasteiger charge is 2.34. The summed E-state index contributed by atoms with van der Waals surface area (Å²) in [5, 5.41) is 4.43. The fourth-order valence-electron chi connectivity index (χ4n) is 3.24. The Labute approximate surface area is 181 Å². The van der Waals surface area contributed by atoms with E-state index in [9.17, 15) is 18.0 Å². The molecule has 164 valence electrons. The normalized spacial score (nSPS) is 14.7. The zero-order chi connectivity index (χ0) is 22.6. The highest BCUT2D eigenvalue weighted by molar-refractivity contribution is 6.29. The minimum atomic E-state index is -4.58. The fraction of sp³-hybridized carbons (Fsp3) is 0.381. The number of amides is 1. The number of carbonyl (C=O) groups is 1. The van der Waals surface area contributed by atoms with E-state index in [1.165, 1.54) is 22.7 Å². The third kappa shape index (κ3) is 4.46. The van der Waals surface area contributed by atoms with Crippen molar-refractivity contribution in [1.29, 1.82) is 0 Å². The van der Waals surface area contributed by atoms with Crippen LogP contribution in [0.3, 0.4) is 0 Å². The van der Waals surface area contributed by atoms with E-state index in [2.05, 4.69) is 10.1 Å². The zero-order valence-electron chi connectivity index (χ0n) is 17.1. The van der Waals surface area contributed by atoms with E-state index in [1.807, 2.05) is 0 Å². The Morgan fingerprint density at radius 1 is 1.23 bits per heavy atom. The van der Waals surface area contributed by atoms with Crippen LogP contribution in [-0.2, 0) is 10.9 Å². The van der Waals surface area contributed by atoms with Crippen LogP contribution in [-0.4, -0.2) is 26.3 Å². The van der Waals surface area contributed by atoms with Gasteiger partial charge < -0.3 is 4.74 Å². The molecule has 6 nitrogen and oxygen atoms in total. The average Bonchev–Trinajstić information content (AvgIpc) is 3.39. The second kappa shape index (κ2) is 7.40. The predicted molar refractivity (Wildman–Crippen MR) is 110 cm³/mol. The number of anilines is 2. The number of hydrogen-bond donors (Lipinski definition) is 0. The van der Waals surface area contributed by atoms with Crippen LogP contribution < -0.4 is 4.90 Å². The number of alkyl halides is 3. The minimum absolute atomic E-state index is 0.0314. The van der Waals surface area contributed by atoms with Gasteiger partial charge in [-0.15, -0.1) is 0 Å². The van der Waals surface area contributed by atoms with Crippen molar-refractivity contribution in [2.45, 2.75) is 51.3 Å². The molecule has 2 aromatic heterocycles. The van der Waals surface area contributed by atoms with Gasteiger partial charge in [0.1, 0.15) is 16.6 Å². The topological polar surface area (TPSA) is 59.7 Å². The Morgan fingerprint density at radius 2 is 1.94 bits per heavy atom. The van der Waals surface area contributed by atoms with Gasteiger partial charge in [0, 0.05) is 11.6 Å². The molecule has 0 spiro atoms. The average molecular weight is 453 g/mol. The van der Waals surface area contributed by atoms with Gasteiger partial charge in [0.2, 0.25) is 0 Å². The van der Waals surface area contributed by atoms with Gasteiger partial charge in [-0.25, -0.2) is 14.7 Å². The van der Waals surface area contributed by atoms with Gasteiger partial charge in [-0.3, -0.25) is 0 Å². The molecule has 3 aromatic rings. The molecule has 1 fully saturated rings. The lowest BCUT2D eigenvalue weighted by atomic mass is 10.1. The first-order valence-corrected chi connectivity index (χ1v) is 10.1. The highest BCUT2D eigenvalue weighted by atomic mass is 35.5. The van der Waals surface area contributed by atoms with Gasteiger partial charge in [0.15, 0.2) is 5.65 Å². The summed E-state index contributed by atoms with van der Waals surface area (Å²) in [5.41, 5.74) is -0.455. The number of benzene rings is 1. The monoisotopic (exact) mass is 452 g/mol. The van der Waals surface area contributed by atoms with Gasteiger partial charge in [-0.05, 0) is 57.7 Å². The molecule has 0 bridgehead atoms. The molecular formula is C21H20ClF3N4O2. The van der Waals surface area contributed by atoms with E-state index in [1.54, 1.807) is 27.0 Å². The maximum atomic E-state index is 13.3. The van der Waals surface area contributed by atoms with Crippen molar-refractivity contribution in [1.82, 2.24) is 14.6 Å². The summed E-state index contributed by atoms with van der Waals surface area (Å²) in [6, 6.07) is 5.82. The number of carbonyl (C=O) groups excluding carboxylic acids is 1. The van der Waals surface area contributed by atoms with Crippen LogP contribution in [0.15, 0.2) is 36.5 Å². The van der Waals surface area contributed by atoms with Crippen molar-refractivity contribution >= 4 is 34.8 Å². The molecule has 1 aliphatic carbocycles. The van der Waals surface area contributed by atoms with E-state index >= 15 is 0 Å². The van der Waals surface area contributed by atoms with Crippen molar-refractivity contribution in [2.24, 2.45) is 0 Å². The maximum absolute atomic E-state index is 13.3. The maximum Gasteiger partial charge on any atom is 0.420 e. The summed E-state index contributed by atoms with van der Waals surface area (Å²) in [5.74, 6) is 0.440. The second-order valence-electron chi connectivity index (χ2n) is 8.41. The number of fused-ring (bicyclic) bond motifs is 1. The summed E-state index contributed by atoms with van der Waals surface area (Å²) in [6.45, 7) is 5.01.